The van der Waals surface area contributed by atoms with Gasteiger partial charge >= 0.3 is 0 Å². The van der Waals surface area contributed by atoms with Gasteiger partial charge in [0.05, 0.1) is 0 Å². The Morgan fingerprint density at radius 1 is 1.25 bits per heavy atom. The van der Waals surface area contributed by atoms with E-state index in [0.717, 1.165) is 0 Å². The maximum Gasteiger partial charge on any atom is 0.0414 e. The molecule has 2 unspecified atom stereocenters. The van der Waals surface area contributed by atoms with Crippen LogP contribution in [-0.2, 0) is 0 Å². The summed E-state index contributed by atoms with van der Waals surface area (Å²) >= 11 is 0. The van der Waals surface area contributed by atoms with Crippen molar-refractivity contribution in [2.24, 2.45) is 5.73 Å². The molecule has 0 amide bonds. The Balaban J connectivity index is 2.93. The van der Waals surface area contributed by atoms with Crippen LogP contribution >= 0.6 is 0 Å². The Bertz CT molecular complexity index is 320. The SMILES string of the molecule is CCCC(C)N(C)c1ccccc1C(C)N. The minimum Gasteiger partial charge on any atom is -0.372 e. The molecule has 0 aliphatic carbocycles. The molecule has 0 spiro atoms. The molecule has 0 radical (unpaired) electrons. The van der Waals surface area contributed by atoms with E-state index in [9.17, 15) is 0 Å². The van der Waals surface area contributed by atoms with Crippen LogP contribution in [0.4, 0.5) is 5.69 Å². The minimum absolute atomic E-state index is 0.0903. The van der Waals surface area contributed by atoms with Crippen molar-refractivity contribution in [3.8, 4) is 0 Å². The number of nitrogens with two attached hydrogens (primary N) is 1. The van der Waals surface area contributed by atoms with Crippen molar-refractivity contribution in [3.05, 3.63) is 29.8 Å². The van der Waals surface area contributed by atoms with Crippen LogP contribution in [0, 0.1) is 0 Å². The van der Waals surface area contributed by atoms with Crippen LogP contribution in [0.3, 0.4) is 0 Å². The van der Waals surface area contributed by atoms with Crippen LogP contribution < -0.4 is 10.6 Å². The van der Waals surface area contributed by atoms with E-state index in [1.165, 1.54) is 24.1 Å². The average Bonchev–Trinajstić information content (AvgIpc) is 2.28. The first-order valence-electron chi connectivity index (χ1n) is 6.15. The monoisotopic (exact) mass is 220 g/mol. The molecule has 0 fully saturated rings. The van der Waals surface area contributed by atoms with E-state index < -0.39 is 0 Å². The zero-order chi connectivity index (χ0) is 12.1. The van der Waals surface area contributed by atoms with Gasteiger partial charge in [0.1, 0.15) is 0 Å². The summed E-state index contributed by atoms with van der Waals surface area (Å²) in [4.78, 5) is 2.34. The lowest BCUT2D eigenvalue weighted by atomic mass is 10.0. The fourth-order valence-corrected chi connectivity index (χ4v) is 2.04. The summed E-state index contributed by atoms with van der Waals surface area (Å²) in [6, 6.07) is 9.06. The molecule has 90 valence electrons. The molecule has 2 heteroatoms. The number of rotatable bonds is 5. The predicted molar refractivity (Wildman–Crippen MR) is 71.8 cm³/mol. The summed E-state index contributed by atoms with van der Waals surface area (Å²) in [6.45, 7) is 6.53. The predicted octanol–water partition coefficient (Wildman–Crippen LogP) is 3.33. The van der Waals surface area contributed by atoms with E-state index in [2.05, 4.69) is 50.1 Å². The Labute approximate surface area is 99.5 Å². The van der Waals surface area contributed by atoms with Gasteiger partial charge in [-0.05, 0) is 31.9 Å². The second kappa shape index (κ2) is 5.90. The van der Waals surface area contributed by atoms with Gasteiger partial charge in [0.2, 0.25) is 0 Å². The van der Waals surface area contributed by atoms with Gasteiger partial charge in [-0.1, -0.05) is 31.5 Å². The zero-order valence-corrected chi connectivity index (χ0v) is 10.9. The van der Waals surface area contributed by atoms with Crippen molar-refractivity contribution in [2.75, 3.05) is 11.9 Å². The van der Waals surface area contributed by atoms with Crippen LogP contribution in [-0.4, -0.2) is 13.1 Å². The third kappa shape index (κ3) is 2.99. The number of nitrogens with zero attached hydrogens (tertiary/aromatic N) is 1. The highest BCUT2D eigenvalue weighted by Gasteiger charge is 2.14. The van der Waals surface area contributed by atoms with E-state index in [1.54, 1.807) is 0 Å². The van der Waals surface area contributed by atoms with Crippen molar-refractivity contribution in [3.63, 3.8) is 0 Å². The second-order valence-electron chi connectivity index (χ2n) is 4.60. The third-order valence-electron chi connectivity index (χ3n) is 3.17. The van der Waals surface area contributed by atoms with Crippen LogP contribution in [0.1, 0.15) is 45.2 Å². The van der Waals surface area contributed by atoms with Crippen molar-refractivity contribution in [1.82, 2.24) is 0 Å². The third-order valence-corrected chi connectivity index (χ3v) is 3.17. The lowest BCUT2D eigenvalue weighted by Gasteiger charge is -2.29. The molecule has 1 rings (SSSR count). The van der Waals surface area contributed by atoms with Crippen molar-refractivity contribution in [1.29, 1.82) is 0 Å². The van der Waals surface area contributed by atoms with Gasteiger partial charge in [0.25, 0.3) is 0 Å². The normalized spacial score (nSPS) is 14.6. The second-order valence-corrected chi connectivity index (χ2v) is 4.60. The summed E-state index contributed by atoms with van der Waals surface area (Å²) in [5.41, 5.74) is 8.49. The Kier molecular flexibility index (Phi) is 4.81. The first-order valence-corrected chi connectivity index (χ1v) is 6.15. The smallest absolute Gasteiger partial charge is 0.0414 e. The number of anilines is 1. The summed E-state index contributed by atoms with van der Waals surface area (Å²) in [5, 5.41) is 0. The van der Waals surface area contributed by atoms with Crippen molar-refractivity contribution in [2.45, 2.75) is 45.7 Å². The van der Waals surface area contributed by atoms with Gasteiger partial charge in [-0.3, -0.25) is 0 Å². The Hall–Kier alpha value is -1.02. The maximum atomic E-state index is 6.00. The molecule has 2 atom stereocenters. The number of hydrogen-bond acceptors (Lipinski definition) is 2. The largest absolute Gasteiger partial charge is 0.372 e. The fourth-order valence-electron chi connectivity index (χ4n) is 2.04. The summed E-state index contributed by atoms with van der Waals surface area (Å²) in [7, 11) is 2.15. The first kappa shape index (κ1) is 13.0. The summed E-state index contributed by atoms with van der Waals surface area (Å²) in [6.07, 6.45) is 2.43. The maximum absolute atomic E-state index is 6.00. The number of para-hydroxylation sites is 1. The highest BCUT2D eigenvalue weighted by molar-refractivity contribution is 5.54. The van der Waals surface area contributed by atoms with Gasteiger partial charge in [0.15, 0.2) is 0 Å². The molecule has 0 aromatic heterocycles. The van der Waals surface area contributed by atoms with Gasteiger partial charge in [-0.2, -0.15) is 0 Å². The molecule has 0 saturated heterocycles. The molecule has 0 saturated carbocycles. The molecule has 0 heterocycles. The van der Waals surface area contributed by atoms with E-state index in [1.807, 2.05) is 6.92 Å². The molecule has 0 bridgehead atoms. The standard InChI is InChI=1S/C14H24N2/c1-5-8-11(2)16(4)14-10-7-6-9-13(14)12(3)15/h6-7,9-12H,5,8,15H2,1-4H3. The molecule has 1 aromatic carbocycles. The molecule has 16 heavy (non-hydrogen) atoms. The van der Waals surface area contributed by atoms with Gasteiger partial charge < -0.3 is 10.6 Å². The van der Waals surface area contributed by atoms with E-state index >= 15 is 0 Å². The van der Waals surface area contributed by atoms with Gasteiger partial charge in [0, 0.05) is 24.8 Å². The molecule has 2 nitrogen and oxygen atoms in total. The fraction of sp³-hybridized carbons (Fsp3) is 0.571. The van der Waals surface area contributed by atoms with Gasteiger partial charge in [-0.15, -0.1) is 0 Å². The number of hydrogen-bond donors (Lipinski definition) is 1. The van der Waals surface area contributed by atoms with Crippen molar-refractivity contribution < 1.29 is 0 Å². The van der Waals surface area contributed by atoms with E-state index in [-0.39, 0.29) is 6.04 Å². The molecule has 1 aromatic rings. The molecular formula is C14H24N2. The van der Waals surface area contributed by atoms with E-state index in [0.29, 0.717) is 6.04 Å². The van der Waals surface area contributed by atoms with Crippen LogP contribution in [0.5, 0.6) is 0 Å². The summed E-state index contributed by atoms with van der Waals surface area (Å²) < 4.78 is 0. The lowest BCUT2D eigenvalue weighted by Crippen LogP contribution is -2.30. The molecule has 0 aliphatic rings. The Morgan fingerprint density at radius 2 is 1.88 bits per heavy atom. The van der Waals surface area contributed by atoms with Crippen LogP contribution in [0.2, 0.25) is 0 Å². The van der Waals surface area contributed by atoms with Crippen molar-refractivity contribution >= 4 is 5.69 Å². The molecule has 2 N–H and O–H groups in total. The minimum atomic E-state index is 0.0903. The highest BCUT2D eigenvalue weighted by Crippen LogP contribution is 2.26. The lowest BCUT2D eigenvalue weighted by molar-refractivity contribution is 0.612. The first-order chi connectivity index (χ1) is 7.57. The summed E-state index contributed by atoms with van der Waals surface area (Å²) in [5.74, 6) is 0. The molecule has 0 aliphatic heterocycles. The number of benzene rings is 1. The topological polar surface area (TPSA) is 29.3 Å². The van der Waals surface area contributed by atoms with Gasteiger partial charge in [-0.25, -0.2) is 0 Å². The average molecular weight is 220 g/mol. The highest BCUT2D eigenvalue weighted by atomic mass is 15.1. The van der Waals surface area contributed by atoms with Crippen LogP contribution in [0.15, 0.2) is 24.3 Å². The molecular weight excluding hydrogens is 196 g/mol. The quantitative estimate of drug-likeness (QED) is 0.824. The van der Waals surface area contributed by atoms with E-state index in [4.69, 9.17) is 5.73 Å². The Morgan fingerprint density at radius 3 is 2.44 bits per heavy atom. The van der Waals surface area contributed by atoms with Crippen LogP contribution in [0.25, 0.3) is 0 Å². The zero-order valence-electron chi connectivity index (χ0n) is 10.9.